The van der Waals surface area contributed by atoms with Gasteiger partial charge >= 0.3 is 6.18 Å². The van der Waals surface area contributed by atoms with Gasteiger partial charge in [-0.05, 0) is 50.8 Å². The van der Waals surface area contributed by atoms with E-state index in [1.807, 2.05) is 0 Å². The molecule has 0 saturated heterocycles. The summed E-state index contributed by atoms with van der Waals surface area (Å²) in [6.45, 7) is 1.64. The van der Waals surface area contributed by atoms with Gasteiger partial charge in [0.25, 0.3) is 0 Å². The van der Waals surface area contributed by atoms with Gasteiger partial charge in [-0.15, -0.1) is 10.2 Å². The number of aromatic nitrogens is 3. The molecule has 1 aliphatic rings. The number of halogens is 3. The molecule has 0 aliphatic heterocycles. The molecular weight excluding hydrogens is 349 g/mol. The number of benzene rings is 1. The minimum Gasteiger partial charge on any atom is -0.507 e. The molecular formula is C17H19F3N4O2. The van der Waals surface area contributed by atoms with Crippen molar-refractivity contribution in [3.8, 4) is 17.0 Å². The van der Waals surface area contributed by atoms with E-state index >= 15 is 0 Å². The zero-order valence-electron chi connectivity index (χ0n) is 14.1. The normalized spacial score (nSPS) is 20.8. The molecule has 9 heteroatoms. The molecule has 6 nitrogen and oxygen atoms in total. The highest BCUT2D eigenvalue weighted by atomic mass is 19.4. The van der Waals surface area contributed by atoms with Gasteiger partial charge in [-0.25, -0.2) is 4.98 Å². The van der Waals surface area contributed by atoms with Gasteiger partial charge in [0.1, 0.15) is 11.4 Å². The number of nitrogens with zero attached hydrogens (tertiary/aromatic N) is 3. The second kappa shape index (κ2) is 7.06. The van der Waals surface area contributed by atoms with Crippen LogP contribution >= 0.6 is 0 Å². The number of phenolic OH excluding ortho intramolecular Hbond substituents is 1. The molecule has 1 heterocycles. The summed E-state index contributed by atoms with van der Waals surface area (Å²) >= 11 is 0. The fraction of sp³-hybridized carbons (Fsp3) is 0.471. The summed E-state index contributed by atoms with van der Waals surface area (Å²) in [6, 6.07) is 2.74. The van der Waals surface area contributed by atoms with Gasteiger partial charge in [0.15, 0.2) is 0 Å². The summed E-state index contributed by atoms with van der Waals surface area (Å²) < 4.78 is 38.1. The van der Waals surface area contributed by atoms with E-state index in [9.17, 15) is 23.4 Å². The molecule has 3 rings (SSSR count). The number of alkyl halides is 3. The van der Waals surface area contributed by atoms with Crippen molar-refractivity contribution in [2.24, 2.45) is 0 Å². The molecule has 1 aromatic heterocycles. The second-order valence-electron chi connectivity index (χ2n) is 6.46. The van der Waals surface area contributed by atoms with Crippen LogP contribution in [0.4, 0.5) is 19.1 Å². The summed E-state index contributed by atoms with van der Waals surface area (Å²) in [6.07, 6.45) is -1.71. The van der Waals surface area contributed by atoms with Gasteiger partial charge in [0.2, 0.25) is 5.95 Å². The summed E-state index contributed by atoms with van der Waals surface area (Å²) in [5.74, 6) is -0.244. The Labute approximate surface area is 148 Å². The summed E-state index contributed by atoms with van der Waals surface area (Å²) in [5.41, 5.74) is -0.166. The van der Waals surface area contributed by atoms with Crippen LogP contribution in [-0.2, 0) is 6.18 Å². The van der Waals surface area contributed by atoms with Crippen molar-refractivity contribution < 1.29 is 23.4 Å². The summed E-state index contributed by atoms with van der Waals surface area (Å²) in [7, 11) is 0. The van der Waals surface area contributed by atoms with Crippen molar-refractivity contribution in [1.82, 2.24) is 15.2 Å². The Morgan fingerprint density at radius 2 is 1.96 bits per heavy atom. The lowest BCUT2D eigenvalue weighted by Crippen LogP contribution is -2.30. The number of aliphatic hydroxyl groups excluding tert-OH is 1. The molecule has 1 fully saturated rings. The third-order valence-electron chi connectivity index (χ3n) is 4.42. The highest BCUT2D eigenvalue weighted by molar-refractivity contribution is 5.69. The van der Waals surface area contributed by atoms with E-state index in [-0.39, 0.29) is 29.4 Å². The Morgan fingerprint density at radius 1 is 1.19 bits per heavy atom. The maximum absolute atomic E-state index is 12.7. The molecule has 2 aromatic rings. The Hall–Kier alpha value is -2.42. The van der Waals surface area contributed by atoms with Crippen LogP contribution in [0.3, 0.4) is 0 Å². The van der Waals surface area contributed by atoms with E-state index < -0.39 is 17.5 Å². The highest BCUT2D eigenvalue weighted by Gasteiger charge is 2.31. The number of anilines is 1. The zero-order valence-corrected chi connectivity index (χ0v) is 14.1. The van der Waals surface area contributed by atoms with Crippen molar-refractivity contribution >= 4 is 5.95 Å². The second-order valence-corrected chi connectivity index (χ2v) is 6.46. The van der Waals surface area contributed by atoms with E-state index in [0.29, 0.717) is 18.2 Å². The highest BCUT2D eigenvalue weighted by Crippen LogP contribution is 2.36. The number of aromatic hydroxyl groups is 1. The fourth-order valence-electron chi connectivity index (χ4n) is 3.10. The number of hydrogen-bond donors (Lipinski definition) is 3. The van der Waals surface area contributed by atoms with Crippen molar-refractivity contribution in [1.29, 1.82) is 0 Å². The van der Waals surface area contributed by atoms with Crippen molar-refractivity contribution in [3.63, 3.8) is 0 Å². The van der Waals surface area contributed by atoms with Crippen LogP contribution in [0.25, 0.3) is 11.3 Å². The number of nitrogens with one attached hydrogen (secondary N) is 1. The van der Waals surface area contributed by atoms with Crippen LogP contribution in [0.2, 0.25) is 0 Å². The first kappa shape index (κ1) is 18.4. The van der Waals surface area contributed by atoms with E-state index in [1.54, 1.807) is 6.92 Å². The van der Waals surface area contributed by atoms with Crippen LogP contribution in [0, 0.1) is 6.92 Å². The van der Waals surface area contributed by atoms with E-state index in [2.05, 4.69) is 20.5 Å². The topological polar surface area (TPSA) is 91.2 Å². The summed E-state index contributed by atoms with van der Waals surface area (Å²) in [4.78, 5) is 4.28. The molecule has 0 amide bonds. The third kappa shape index (κ3) is 4.04. The minimum atomic E-state index is -4.53. The Bertz CT molecular complexity index is 798. The molecule has 3 N–H and O–H groups in total. The molecule has 0 unspecified atom stereocenters. The average molecular weight is 368 g/mol. The molecule has 2 atom stereocenters. The van der Waals surface area contributed by atoms with E-state index in [4.69, 9.17) is 0 Å². The predicted octanol–water partition coefficient (Wildman–Crippen LogP) is 3.29. The minimum absolute atomic E-state index is 0.0465. The van der Waals surface area contributed by atoms with Crippen LogP contribution < -0.4 is 5.32 Å². The van der Waals surface area contributed by atoms with Gasteiger partial charge in [-0.1, -0.05) is 0 Å². The molecule has 1 aromatic carbocycles. The number of aryl methyl sites for hydroxylation is 1. The number of phenols is 1. The fourth-order valence-corrected chi connectivity index (χ4v) is 3.10. The van der Waals surface area contributed by atoms with E-state index in [1.165, 1.54) is 0 Å². The molecule has 1 aliphatic carbocycles. The summed E-state index contributed by atoms with van der Waals surface area (Å²) in [5, 5.41) is 30.7. The van der Waals surface area contributed by atoms with Crippen molar-refractivity contribution in [2.75, 3.05) is 5.32 Å². The van der Waals surface area contributed by atoms with Gasteiger partial charge in [-0.2, -0.15) is 13.2 Å². The number of rotatable bonds is 3. The lowest BCUT2D eigenvalue weighted by Gasteiger charge is -2.26. The van der Waals surface area contributed by atoms with Crippen LogP contribution in [0.15, 0.2) is 18.2 Å². The lowest BCUT2D eigenvalue weighted by molar-refractivity contribution is -0.137. The molecule has 140 valence electrons. The maximum Gasteiger partial charge on any atom is 0.416 e. The third-order valence-corrected chi connectivity index (χ3v) is 4.42. The average Bonchev–Trinajstić information content (AvgIpc) is 2.55. The lowest BCUT2D eigenvalue weighted by atomic mass is 9.93. The molecule has 0 bridgehead atoms. The smallest absolute Gasteiger partial charge is 0.416 e. The molecule has 0 radical (unpaired) electrons. The standard InChI is InChI=1S/C17H19F3N4O2/c1-9-15(13-6-5-10(7-14(13)26)17(18,19)20)23-24-16(21-9)22-11-3-2-4-12(25)8-11/h5-7,11-12,25-26H,2-4,8H2,1H3,(H,21,22,24)/t11-,12+/m0/s1. The number of aliphatic hydroxyl groups is 1. The molecule has 0 spiro atoms. The van der Waals surface area contributed by atoms with Crippen LogP contribution in [0.5, 0.6) is 5.75 Å². The Morgan fingerprint density at radius 3 is 2.58 bits per heavy atom. The van der Waals surface area contributed by atoms with Gasteiger partial charge in [-0.3, -0.25) is 0 Å². The first-order valence-electron chi connectivity index (χ1n) is 8.30. The van der Waals surface area contributed by atoms with Crippen molar-refractivity contribution in [3.05, 3.63) is 29.5 Å². The monoisotopic (exact) mass is 368 g/mol. The van der Waals surface area contributed by atoms with Crippen molar-refractivity contribution in [2.45, 2.75) is 50.9 Å². The van der Waals surface area contributed by atoms with Gasteiger partial charge in [0, 0.05) is 11.6 Å². The molecule has 26 heavy (non-hydrogen) atoms. The number of hydrogen-bond acceptors (Lipinski definition) is 6. The first-order valence-corrected chi connectivity index (χ1v) is 8.30. The largest absolute Gasteiger partial charge is 0.507 e. The maximum atomic E-state index is 12.7. The van der Waals surface area contributed by atoms with Gasteiger partial charge in [0.05, 0.1) is 17.4 Å². The van der Waals surface area contributed by atoms with E-state index in [0.717, 1.165) is 31.4 Å². The Kier molecular flexibility index (Phi) is 4.99. The molecule has 1 saturated carbocycles. The Balaban J connectivity index is 1.81. The van der Waals surface area contributed by atoms with Crippen LogP contribution in [0.1, 0.15) is 36.9 Å². The van der Waals surface area contributed by atoms with Crippen LogP contribution in [-0.4, -0.2) is 37.5 Å². The predicted molar refractivity (Wildman–Crippen MR) is 88.6 cm³/mol. The van der Waals surface area contributed by atoms with Gasteiger partial charge < -0.3 is 15.5 Å². The SMILES string of the molecule is Cc1nc(N[C@H]2CCC[C@@H](O)C2)nnc1-c1ccc(C(F)(F)F)cc1O. The zero-order chi connectivity index (χ0) is 18.9. The quantitative estimate of drug-likeness (QED) is 0.770. The first-order chi connectivity index (χ1) is 12.2.